The number of benzene rings is 1. The molecule has 9 heteroatoms. The van der Waals surface area contributed by atoms with Crippen LogP contribution in [-0.4, -0.2) is 51.2 Å². The molecule has 0 saturated carbocycles. The zero-order chi connectivity index (χ0) is 18.6. The maximum absolute atomic E-state index is 5.42. The summed E-state index contributed by atoms with van der Waals surface area (Å²) in [5, 5.41) is 13.7. The summed E-state index contributed by atoms with van der Waals surface area (Å²) in [7, 11) is 0. The molecular weight excluding hydrogens is 364 g/mol. The molecule has 0 radical (unpaired) electrons. The minimum Gasteiger partial charge on any atom is -0.378 e. The Morgan fingerprint density at radius 2 is 1.89 bits per heavy atom. The molecule has 3 aromatic rings. The van der Waals surface area contributed by atoms with Gasteiger partial charge in [0.15, 0.2) is 11.0 Å². The van der Waals surface area contributed by atoms with E-state index in [9.17, 15) is 0 Å². The molecule has 27 heavy (non-hydrogen) atoms. The van der Waals surface area contributed by atoms with Crippen molar-refractivity contribution in [1.29, 1.82) is 0 Å². The predicted octanol–water partition coefficient (Wildman–Crippen LogP) is 2.79. The molecule has 4 rings (SSSR count). The highest BCUT2D eigenvalue weighted by molar-refractivity contribution is 7.98. The lowest BCUT2D eigenvalue weighted by molar-refractivity contribution is 0.121. The minimum atomic E-state index is 0.538. The van der Waals surface area contributed by atoms with Crippen molar-refractivity contribution in [2.45, 2.75) is 31.3 Å². The molecule has 1 saturated heterocycles. The summed E-state index contributed by atoms with van der Waals surface area (Å²) in [4.78, 5) is 6.71. The maximum Gasteiger partial charge on any atom is 0.257 e. The summed E-state index contributed by atoms with van der Waals surface area (Å²) >= 11 is 1.57. The lowest BCUT2D eigenvalue weighted by Crippen LogP contribution is -2.38. The van der Waals surface area contributed by atoms with Crippen LogP contribution in [0.1, 0.15) is 18.3 Å². The van der Waals surface area contributed by atoms with Crippen LogP contribution in [0, 0.1) is 6.92 Å². The summed E-state index contributed by atoms with van der Waals surface area (Å²) in [5.41, 5.74) is 2.12. The van der Waals surface area contributed by atoms with E-state index in [4.69, 9.17) is 9.26 Å². The zero-order valence-electron chi connectivity index (χ0n) is 15.5. The van der Waals surface area contributed by atoms with Gasteiger partial charge >= 0.3 is 0 Å². The van der Waals surface area contributed by atoms with Crippen LogP contribution < -0.4 is 4.90 Å². The quantitative estimate of drug-likeness (QED) is 0.598. The van der Waals surface area contributed by atoms with Crippen molar-refractivity contribution in [2.75, 3.05) is 31.2 Å². The minimum absolute atomic E-state index is 0.538. The molecule has 3 heterocycles. The van der Waals surface area contributed by atoms with Crippen LogP contribution in [0.5, 0.6) is 0 Å². The SMILES string of the molecule is CCn1c(SCc2noc(-c3ccc(C)cc3)n2)nnc1N1CCOCC1. The van der Waals surface area contributed by atoms with Gasteiger partial charge in [-0.2, -0.15) is 4.98 Å². The van der Waals surface area contributed by atoms with Crippen LogP contribution in [0.4, 0.5) is 5.95 Å². The van der Waals surface area contributed by atoms with Gasteiger partial charge < -0.3 is 14.2 Å². The van der Waals surface area contributed by atoms with Gasteiger partial charge in [0.25, 0.3) is 5.89 Å². The Morgan fingerprint density at radius 3 is 2.63 bits per heavy atom. The first-order valence-electron chi connectivity index (χ1n) is 9.03. The first kappa shape index (κ1) is 18.0. The Hall–Kier alpha value is -2.39. The third kappa shape index (κ3) is 3.98. The molecule has 0 N–H and O–H groups in total. The smallest absolute Gasteiger partial charge is 0.257 e. The molecule has 0 amide bonds. The fourth-order valence-electron chi connectivity index (χ4n) is 2.92. The van der Waals surface area contributed by atoms with Crippen molar-refractivity contribution in [3.8, 4) is 11.5 Å². The molecule has 2 aromatic heterocycles. The van der Waals surface area contributed by atoms with E-state index >= 15 is 0 Å². The standard InChI is InChI=1S/C18H22N6O2S/c1-3-24-17(23-8-10-25-11-9-23)20-21-18(24)27-12-15-19-16(26-22-15)14-6-4-13(2)5-7-14/h4-7H,3,8-12H2,1-2H3. The van der Waals surface area contributed by atoms with E-state index in [1.54, 1.807) is 11.8 Å². The molecule has 1 fully saturated rings. The molecule has 1 aromatic carbocycles. The zero-order valence-corrected chi connectivity index (χ0v) is 16.3. The molecule has 0 bridgehead atoms. The number of anilines is 1. The van der Waals surface area contributed by atoms with E-state index in [1.807, 2.05) is 24.3 Å². The normalized spacial score (nSPS) is 14.7. The lowest BCUT2D eigenvalue weighted by atomic mass is 10.1. The van der Waals surface area contributed by atoms with Crippen LogP contribution in [0.15, 0.2) is 33.9 Å². The Morgan fingerprint density at radius 1 is 1.11 bits per heavy atom. The van der Waals surface area contributed by atoms with Gasteiger partial charge in [0.1, 0.15) is 0 Å². The van der Waals surface area contributed by atoms with Crippen molar-refractivity contribution in [3.05, 3.63) is 35.7 Å². The third-order valence-corrected chi connectivity index (χ3v) is 5.37. The molecule has 0 aliphatic carbocycles. The van der Waals surface area contributed by atoms with Gasteiger partial charge in [0.05, 0.1) is 19.0 Å². The van der Waals surface area contributed by atoms with Gasteiger partial charge in [-0.15, -0.1) is 10.2 Å². The number of nitrogens with zero attached hydrogens (tertiary/aromatic N) is 6. The Balaban J connectivity index is 1.44. The number of ether oxygens (including phenoxy) is 1. The van der Waals surface area contributed by atoms with Gasteiger partial charge in [0, 0.05) is 25.2 Å². The molecule has 0 atom stereocenters. The van der Waals surface area contributed by atoms with E-state index in [1.165, 1.54) is 5.56 Å². The fraction of sp³-hybridized carbons (Fsp3) is 0.444. The monoisotopic (exact) mass is 386 g/mol. The highest BCUT2D eigenvalue weighted by atomic mass is 32.2. The first-order chi connectivity index (χ1) is 13.2. The van der Waals surface area contributed by atoms with Crippen LogP contribution in [0.3, 0.4) is 0 Å². The van der Waals surface area contributed by atoms with Crippen LogP contribution in [0.25, 0.3) is 11.5 Å². The number of hydrogen-bond acceptors (Lipinski definition) is 8. The van der Waals surface area contributed by atoms with E-state index in [-0.39, 0.29) is 0 Å². The lowest BCUT2D eigenvalue weighted by Gasteiger charge is -2.27. The fourth-order valence-corrected chi connectivity index (χ4v) is 3.76. The summed E-state index contributed by atoms with van der Waals surface area (Å²) in [6.07, 6.45) is 0. The average Bonchev–Trinajstić information content (AvgIpc) is 3.34. The maximum atomic E-state index is 5.42. The molecular formula is C18H22N6O2S. The summed E-state index contributed by atoms with van der Waals surface area (Å²) < 4.78 is 12.9. The highest BCUT2D eigenvalue weighted by Gasteiger charge is 2.20. The van der Waals surface area contributed by atoms with Crippen molar-refractivity contribution < 1.29 is 9.26 Å². The van der Waals surface area contributed by atoms with Gasteiger partial charge in [0.2, 0.25) is 5.95 Å². The molecule has 0 spiro atoms. The second-order valence-corrected chi connectivity index (χ2v) is 7.24. The molecule has 8 nitrogen and oxygen atoms in total. The van der Waals surface area contributed by atoms with E-state index in [0.717, 1.165) is 49.5 Å². The van der Waals surface area contributed by atoms with Crippen LogP contribution in [0.2, 0.25) is 0 Å². The Kier molecular flexibility index (Phi) is 5.40. The molecule has 0 unspecified atom stereocenters. The van der Waals surface area contributed by atoms with Crippen molar-refractivity contribution in [1.82, 2.24) is 24.9 Å². The summed E-state index contributed by atoms with van der Waals surface area (Å²) in [5.74, 6) is 2.67. The van der Waals surface area contributed by atoms with Crippen LogP contribution in [-0.2, 0) is 17.0 Å². The van der Waals surface area contributed by atoms with Gasteiger partial charge in [-0.3, -0.25) is 4.57 Å². The number of rotatable bonds is 6. The topological polar surface area (TPSA) is 82.1 Å². The first-order valence-corrected chi connectivity index (χ1v) is 10.0. The van der Waals surface area contributed by atoms with Crippen molar-refractivity contribution >= 4 is 17.7 Å². The second-order valence-electron chi connectivity index (χ2n) is 6.30. The molecule has 1 aliphatic heterocycles. The highest BCUT2D eigenvalue weighted by Crippen LogP contribution is 2.26. The van der Waals surface area contributed by atoms with Crippen molar-refractivity contribution in [2.24, 2.45) is 0 Å². The molecule has 142 valence electrons. The Labute approximate surface area is 161 Å². The molecule has 1 aliphatic rings. The van der Waals surface area contributed by atoms with E-state index in [0.29, 0.717) is 17.5 Å². The number of thioether (sulfide) groups is 1. The third-order valence-electron chi connectivity index (χ3n) is 4.40. The van der Waals surface area contributed by atoms with E-state index < -0.39 is 0 Å². The number of morpholine rings is 1. The number of hydrogen-bond donors (Lipinski definition) is 0. The largest absolute Gasteiger partial charge is 0.378 e. The van der Waals surface area contributed by atoms with Gasteiger partial charge in [-0.05, 0) is 26.0 Å². The Bertz CT molecular complexity index is 886. The summed E-state index contributed by atoms with van der Waals surface area (Å²) in [6.45, 7) is 8.09. The van der Waals surface area contributed by atoms with Crippen molar-refractivity contribution in [3.63, 3.8) is 0 Å². The second kappa shape index (κ2) is 8.10. The predicted molar refractivity (Wildman–Crippen MR) is 103 cm³/mol. The van der Waals surface area contributed by atoms with E-state index in [2.05, 4.69) is 43.7 Å². The summed E-state index contributed by atoms with van der Waals surface area (Å²) in [6, 6.07) is 8.04. The van der Waals surface area contributed by atoms with Gasteiger partial charge in [-0.1, -0.05) is 34.6 Å². The average molecular weight is 386 g/mol. The number of aryl methyl sites for hydroxylation is 1. The number of aromatic nitrogens is 5. The van der Waals surface area contributed by atoms with Gasteiger partial charge in [-0.25, -0.2) is 0 Å². The van der Waals surface area contributed by atoms with Crippen LogP contribution >= 0.6 is 11.8 Å².